The van der Waals surface area contributed by atoms with Gasteiger partial charge in [-0.1, -0.05) is 32.6 Å². The zero-order chi connectivity index (χ0) is 15.6. The molecule has 0 bridgehead atoms. The molecule has 0 amide bonds. The molecule has 1 unspecified atom stereocenters. The molecule has 0 aliphatic heterocycles. The van der Waals surface area contributed by atoms with Crippen LogP contribution in [0.2, 0.25) is 19.6 Å². The number of esters is 1. The summed E-state index contributed by atoms with van der Waals surface area (Å²) < 4.78 is 10.9. The van der Waals surface area contributed by atoms with Crippen molar-refractivity contribution in [2.75, 3.05) is 6.61 Å². The van der Waals surface area contributed by atoms with E-state index in [0.29, 0.717) is 6.42 Å². The third-order valence-corrected chi connectivity index (χ3v) is 3.70. The highest BCUT2D eigenvalue weighted by Crippen LogP contribution is 2.15. The van der Waals surface area contributed by atoms with Crippen molar-refractivity contribution in [1.29, 1.82) is 0 Å². The van der Waals surface area contributed by atoms with E-state index in [9.17, 15) is 4.79 Å². The van der Waals surface area contributed by atoms with Gasteiger partial charge in [0.1, 0.15) is 0 Å². The third kappa shape index (κ3) is 8.25. The number of carbonyl (C=O) groups excluding carboxylic acids is 1. The van der Waals surface area contributed by atoms with E-state index in [1.165, 1.54) is 0 Å². The second-order valence-electron chi connectivity index (χ2n) is 5.77. The van der Waals surface area contributed by atoms with E-state index in [4.69, 9.17) is 14.7 Å². The van der Waals surface area contributed by atoms with Crippen LogP contribution >= 0.6 is 0 Å². The lowest BCUT2D eigenvalue weighted by Gasteiger charge is -2.23. The number of hydrogen-bond acceptors (Lipinski definition) is 3. The molecule has 0 rings (SSSR count). The second-order valence-corrected chi connectivity index (χ2v) is 10.2. The van der Waals surface area contributed by atoms with Crippen molar-refractivity contribution >= 4 is 20.0 Å². The maximum Gasteiger partial charge on any atom is 0.419 e. The Morgan fingerprint density at radius 2 is 1.85 bits per heavy atom. The van der Waals surface area contributed by atoms with Crippen LogP contribution in [-0.2, 0) is 14.0 Å². The van der Waals surface area contributed by atoms with Gasteiger partial charge in [-0.15, -0.1) is 0 Å². The summed E-state index contributed by atoms with van der Waals surface area (Å²) in [5, 5.41) is 0. The molecule has 20 heavy (non-hydrogen) atoms. The quantitative estimate of drug-likeness (QED) is 0.155. The summed E-state index contributed by atoms with van der Waals surface area (Å²) in [5.41, 5.74) is 9.11. The van der Waals surface area contributed by atoms with Crippen molar-refractivity contribution < 1.29 is 18.7 Å². The van der Waals surface area contributed by atoms with Crippen molar-refractivity contribution in [3.05, 3.63) is 5.53 Å². The van der Waals surface area contributed by atoms with E-state index in [0.717, 1.165) is 25.7 Å². The van der Waals surface area contributed by atoms with E-state index >= 15 is 0 Å². The van der Waals surface area contributed by atoms with Crippen molar-refractivity contribution in [1.82, 2.24) is 0 Å². The van der Waals surface area contributed by atoms with Gasteiger partial charge in [-0.05, 0) is 33.0 Å². The van der Waals surface area contributed by atoms with E-state index in [-0.39, 0.29) is 12.3 Å². The van der Waals surface area contributed by atoms with Crippen LogP contribution in [0.1, 0.15) is 46.0 Å². The minimum absolute atomic E-state index is 0.00854. The third-order valence-electron chi connectivity index (χ3n) is 2.71. The van der Waals surface area contributed by atoms with Crippen molar-refractivity contribution in [2.24, 2.45) is 0 Å². The van der Waals surface area contributed by atoms with Crippen molar-refractivity contribution in [3.8, 4) is 0 Å². The molecule has 5 nitrogen and oxygen atoms in total. The topological polar surface area (TPSA) is 71.9 Å². The van der Waals surface area contributed by atoms with Crippen LogP contribution in [0.3, 0.4) is 0 Å². The number of carbonyl (C=O) groups is 1. The molecule has 1 atom stereocenters. The lowest BCUT2D eigenvalue weighted by atomic mass is 10.1. The predicted molar refractivity (Wildman–Crippen MR) is 82.2 cm³/mol. The molecule has 0 saturated heterocycles. The molecule has 6 heteroatoms. The van der Waals surface area contributed by atoms with Gasteiger partial charge in [0.05, 0.1) is 6.61 Å². The Bertz CT molecular complexity index is 347. The Hall–Kier alpha value is -0.973. The Labute approximate surface area is 123 Å². The highest BCUT2D eigenvalue weighted by atomic mass is 28.4. The largest absolute Gasteiger partial charge is 0.457 e. The fraction of sp³-hybridized carbons (Fsp3) is 0.857. The molecule has 0 spiro atoms. The Morgan fingerprint density at radius 3 is 2.30 bits per heavy atom. The lowest BCUT2D eigenvalue weighted by molar-refractivity contribution is -0.141. The summed E-state index contributed by atoms with van der Waals surface area (Å²) in [6.07, 6.45) is 4.55. The molecule has 0 radical (unpaired) electrons. The summed E-state index contributed by atoms with van der Waals surface area (Å²) in [7, 11) is -1.84. The molecule has 0 aromatic rings. The van der Waals surface area contributed by atoms with Crippen LogP contribution in [0.15, 0.2) is 0 Å². The zero-order valence-electron chi connectivity index (χ0n) is 13.4. The predicted octanol–water partition coefficient (Wildman–Crippen LogP) is 3.41. The smallest absolute Gasteiger partial charge is 0.419 e. The van der Waals surface area contributed by atoms with Gasteiger partial charge in [-0.25, -0.2) is 4.79 Å². The van der Waals surface area contributed by atoms with Crippen LogP contribution in [-0.4, -0.2) is 37.5 Å². The summed E-state index contributed by atoms with van der Waals surface area (Å²) in [4.78, 5) is 14.9. The standard InChI is InChI=1S/C14H28N2O3Si/c1-6-8-9-10-11-12(19-20(3,4)5)13(16-15)14(17)18-7-2/h12H,6-11H2,1-5H3. The fourth-order valence-electron chi connectivity index (χ4n) is 1.88. The first kappa shape index (κ1) is 19.0. The Morgan fingerprint density at radius 1 is 1.20 bits per heavy atom. The van der Waals surface area contributed by atoms with Crippen molar-refractivity contribution in [3.63, 3.8) is 0 Å². The van der Waals surface area contributed by atoms with Gasteiger partial charge in [0.25, 0.3) is 0 Å². The van der Waals surface area contributed by atoms with Gasteiger partial charge < -0.3 is 14.7 Å². The first-order valence-electron chi connectivity index (χ1n) is 7.42. The second kappa shape index (κ2) is 9.86. The van der Waals surface area contributed by atoms with Crippen LogP contribution in [0.5, 0.6) is 0 Å². The first-order valence-corrected chi connectivity index (χ1v) is 10.8. The van der Waals surface area contributed by atoms with Gasteiger partial charge >= 0.3 is 11.7 Å². The summed E-state index contributed by atoms with van der Waals surface area (Å²) >= 11 is 0. The molecule has 0 aliphatic carbocycles. The molecule has 0 aliphatic rings. The number of ether oxygens (including phenoxy) is 1. The van der Waals surface area contributed by atoms with Crippen LogP contribution in [0, 0.1) is 0 Å². The minimum atomic E-state index is -1.84. The maximum atomic E-state index is 11.8. The van der Waals surface area contributed by atoms with Gasteiger partial charge in [0.2, 0.25) is 0 Å². The van der Waals surface area contributed by atoms with E-state index in [1.54, 1.807) is 6.92 Å². The Kier molecular flexibility index (Phi) is 9.38. The fourth-order valence-corrected chi connectivity index (χ4v) is 2.96. The summed E-state index contributed by atoms with van der Waals surface area (Å²) in [5.74, 6) is -0.589. The molecular formula is C14H28N2O3Si. The van der Waals surface area contributed by atoms with E-state index in [2.05, 4.69) is 11.7 Å². The minimum Gasteiger partial charge on any atom is -0.457 e. The number of hydrogen-bond donors (Lipinski definition) is 0. The van der Waals surface area contributed by atoms with E-state index < -0.39 is 20.4 Å². The molecule has 0 heterocycles. The number of nitrogens with zero attached hydrogens (tertiary/aromatic N) is 2. The highest BCUT2D eigenvalue weighted by molar-refractivity contribution is 6.70. The zero-order valence-corrected chi connectivity index (χ0v) is 14.4. The van der Waals surface area contributed by atoms with Crippen LogP contribution in [0.25, 0.3) is 5.53 Å². The normalized spacial score (nSPS) is 12.7. The highest BCUT2D eigenvalue weighted by Gasteiger charge is 2.36. The molecule has 116 valence electrons. The van der Waals surface area contributed by atoms with Crippen LogP contribution in [0.4, 0.5) is 0 Å². The first-order chi connectivity index (χ1) is 9.35. The molecule has 0 aromatic carbocycles. The van der Waals surface area contributed by atoms with E-state index in [1.807, 2.05) is 19.6 Å². The number of rotatable bonds is 10. The molecule has 0 saturated carbocycles. The maximum absolute atomic E-state index is 11.8. The van der Waals surface area contributed by atoms with Crippen molar-refractivity contribution in [2.45, 2.75) is 71.7 Å². The molecule has 0 aromatic heterocycles. The van der Waals surface area contributed by atoms with Gasteiger partial charge in [0.15, 0.2) is 14.4 Å². The molecule has 0 fully saturated rings. The van der Waals surface area contributed by atoms with Gasteiger partial charge in [-0.2, -0.15) is 4.79 Å². The lowest BCUT2D eigenvalue weighted by Crippen LogP contribution is -2.41. The SMILES string of the molecule is CCCCCCC(O[Si](C)(C)C)C(=[N+]=[N-])C(=O)OCC. The van der Waals surface area contributed by atoms with Gasteiger partial charge in [-0.3, -0.25) is 0 Å². The summed E-state index contributed by atoms with van der Waals surface area (Å²) in [6, 6.07) is 0. The monoisotopic (exact) mass is 300 g/mol. The molecular weight excluding hydrogens is 272 g/mol. The summed E-state index contributed by atoms with van der Waals surface area (Å²) in [6.45, 7) is 10.3. The Balaban J connectivity index is 4.80. The van der Waals surface area contributed by atoms with Crippen LogP contribution < -0.4 is 0 Å². The average Bonchev–Trinajstić information content (AvgIpc) is 2.33. The number of unbranched alkanes of at least 4 members (excludes halogenated alkanes) is 3. The van der Waals surface area contributed by atoms with Gasteiger partial charge in [0, 0.05) is 0 Å². The average molecular weight is 300 g/mol. The molecule has 0 N–H and O–H groups in total.